The number of amides is 2. The van der Waals surface area contributed by atoms with Gasteiger partial charge in [-0.1, -0.05) is 23.7 Å². The van der Waals surface area contributed by atoms with Crippen molar-refractivity contribution in [3.05, 3.63) is 53.1 Å². The third-order valence-corrected chi connectivity index (χ3v) is 4.85. The van der Waals surface area contributed by atoms with Gasteiger partial charge in [-0.2, -0.15) is 0 Å². The lowest BCUT2D eigenvalue weighted by Gasteiger charge is -2.17. The first-order chi connectivity index (χ1) is 12.1. The molecule has 0 bridgehead atoms. The molecule has 25 heavy (non-hydrogen) atoms. The third kappa shape index (κ3) is 3.99. The molecule has 1 aliphatic rings. The van der Waals surface area contributed by atoms with Crippen LogP contribution in [0.1, 0.15) is 18.4 Å². The molecule has 0 aliphatic heterocycles. The van der Waals surface area contributed by atoms with Gasteiger partial charge < -0.3 is 20.1 Å². The van der Waals surface area contributed by atoms with Crippen LogP contribution in [-0.2, 0) is 5.41 Å². The van der Waals surface area contributed by atoms with E-state index < -0.39 is 0 Å². The molecule has 5 nitrogen and oxygen atoms in total. The number of hydrogen-bond acceptors (Lipinski definition) is 3. The lowest BCUT2D eigenvalue weighted by atomic mass is 9.96. The summed E-state index contributed by atoms with van der Waals surface area (Å²) in [7, 11) is 3.20. The highest BCUT2D eigenvalue weighted by Crippen LogP contribution is 2.47. The van der Waals surface area contributed by atoms with E-state index in [1.165, 1.54) is 5.56 Å². The van der Waals surface area contributed by atoms with Crippen LogP contribution in [0.25, 0.3) is 0 Å². The molecule has 2 N–H and O–H groups in total. The fourth-order valence-electron chi connectivity index (χ4n) is 2.83. The zero-order valence-corrected chi connectivity index (χ0v) is 15.0. The van der Waals surface area contributed by atoms with Gasteiger partial charge in [-0.15, -0.1) is 0 Å². The van der Waals surface area contributed by atoms with Crippen molar-refractivity contribution in [2.24, 2.45) is 0 Å². The summed E-state index contributed by atoms with van der Waals surface area (Å²) in [5.74, 6) is 1.41. The van der Waals surface area contributed by atoms with Crippen molar-refractivity contribution in [1.29, 1.82) is 0 Å². The maximum atomic E-state index is 12.2. The largest absolute Gasteiger partial charge is 0.497 e. The summed E-state index contributed by atoms with van der Waals surface area (Å²) in [4.78, 5) is 12.2. The molecule has 2 aromatic rings. The topological polar surface area (TPSA) is 59.6 Å². The minimum Gasteiger partial charge on any atom is -0.497 e. The molecule has 0 unspecified atom stereocenters. The van der Waals surface area contributed by atoms with Gasteiger partial charge in [0.15, 0.2) is 0 Å². The second-order valence-electron chi connectivity index (χ2n) is 6.17. The Kier molecular flexibility index (Phi) is 5.04. The average molecular weight is 361 g/mol. The molecule has 0 radical (unpaired) electrons. The summed E-state index contributed by atoms with van der Waals surface area (Å²) in [6.45, 7) is 0.592. The van der Waals surface area contributed by atoms with Crippen LogP contribution in [-0.4, -0.2) is 26.8 Å². The molecule has 0 aromatic heterocycles. The van der Waals surface area contributed by atoms with E-state index in [9.17, 15) is 4.79 Å². The third-order valence-electron chi connectivity index (χ3n) is 4.55. The number of nitrogens with one attached hydrogen (secondary N) is 2. The predicted octanol–water partition coefficient (Wildman–Crippen LogP) is 4.21. The predicted molar refractivity (Wildman–Crippen MR) is 98.9 cm³/mol. The van der Waals surface area contributed by atoms with Crippen molar-refractivity contribution in [3.63, 3.8) is 0 Å². The summed E-state index contributed by atoms with van der Waals surface area (Å²) in [5.41, 5.74) is 1.87. The Labute approximate surface area is 152 Å². The number of rotatable bonds is 6. The van der Waals surface area contributed by atoms with Crippen molar-refractivity contribution in [2.75, 3.05) is 26.1 Å². The van der Waals surface area contributed by atoms with Gasteiger partial charge in [0.2, 0.25) is 0 Å². The van der Waals surface area contributed by atoms with E-state index in [0.717, 1.165) is 18.6 Å². The first-order valence-electron chi connectivity index (χ1n) is 8.09. The van der Waals surface area contributed by atoms with Crippen molar-refractivity contribution in [1.82, 2.24) is 5.32 Å². The highest BCUT2D eigenvalue weighted by Gasteiger charge is 2.44. The number of benzene rings is 2. The number of anilines is 1. The molecular formula is C19H21ClN2O3. The summed E-state index contributed by atoms with van der Waals surface area (Å²) in [6, 6.07) is 12.9. The van der Waals surface area contributed by atoms with Crippen LogP contribution in [0.3, 0.4) is 0 Å². The SMILES string of the molecule is COc1ccc(C2(CNC(=O)Nc3ccc(OC)c(Cl)c3)CC2)cc1. The van der Waals surface area contributed by atoms with Gasteiger partial charge >= 0.3 is 6.03 Å². The Bertz CT molecular complexity index is 758. The van der Waals surface area contributed by atoms with E-state index in [1.807, 2.05) is 12.1 Å². The summed E-state index contributed by atoms with van der Waals surface area (Å²) in [5, 5.41) is 6.20. The Morgan fingerprint density at radius 2 is 1.84 bits per heavy atom. The summed E-state index contributed by atoms with van der Waals surface area (Å²) < 4.78 is 10.3. The molecule has 0 heterocycles. The van der Waals surface area contributed by atoms with E-state index in [1.54, 1.807) is 32.4 Å². The molecular weight excluding hydrogens is 340 g/mol. The molecule has 0 atom stereocenters. The van der Waals surface area contributed by atoms with Gasteiger partial charge in [0.1, 0.15) is 11.5 Å². The number of carbonyl (C=O) groups excluding carboxylic acids is 1. The number of ether oxygens (including phenoxy) is 2. The van der Waals surface area contributed by atoms with Gasteiger partial charge in [0, 0.05) is 17.6 Å². The number of hydrogen-bond donors (Lipinski definition) is 2. The number of urea groups is 1. The Hall–Kier alpha value is -2.40. The lowest BCUT2D eigenvalue weighted by molar-refractivity contribution is 0.251. The molecule has 2 aromatic carbocycles. The Morgan fingerprint density at radius 1 is 1.12 bits per heavy atom. The summed E-state index contributed by atoms with van der Waals surface area (Å²) in [6.07, 6.45) is 2.13. The standard InChI is InChI=1S/C19H21ClN2O3/c1-24-15-6-3-13(4-7-15)19(9-10-19)12-21-18(23)22-14-5-8-17(25-2)16(20)11-14/h3-8,11H,9-10,12H2,1-2H3,(H2,21,22,23). The van der Waals surface area contributed by atoms with Crippen molar-refractivity contribution < 1.29 is 14.3 Å². The molecule has 1 saturated carbocycles. The Morgan fingerprint density at radius 3 is 2.40 bits per heavy atom. The smallest absolute Gasteiger partial charge is 0.319 e. The van der Waals surface area contributed by atoms with Crippen LogP contribution in [0, 0.1) is 0 Å². The molecule has 1 aliphatic carbocycles. The van der Waals surface area contributed by atoms with Gasteiger partial charge in [0.25, 0.3) is 0 Å². The summed E-state index contributed by atoms with van der Waals surface area (Å²) >= 11 is 6.07. The van der Waals surface area contributed by atoms with Crippen molar-refractivity contribution in [2.45, 2.75) is 18.3 Å². The number of carbonyl (C=O) groups is 1. The highest BCUT2D eigenvalue weighted by molar-refractivity contribution is 6.32. The average Bonchev–Trinajstić information content (AvgIpc) is 3.41. The van der Waals surface area contributed by atoms with Crippen molar-refractivity contribution >= 4 is 23.3 Å². The zero-order chi connectivity index (χ0) is 17.9. The molecule has 6 heteroatoms. The molecule has 132 valence electrons. The molecule has 0 saturated heterocycles. The normalized spacial score (nSPS) is 14.5. The second-order valence-corrected chi connectivity index (χ2v) is 6.57. The molecule has 0 spiro atoms. The quantitative estimate of drug-likeness (QED) is 0.811. The van der Waals surface area contributed by atoms with E-state index >= 15 is 0 Å². The lowest BCUT2D eigenvalue weighted by Crippen LogP contribution is -2.35. The van der Waals surface area contributed by atoms with Gasteiger partial charge in [-0.05, 0) is 48.7 Å². The first kappa shape index (κ1) is 17.4. The van der Waals surface area contributed by atoms with Gasteiger partial charge in [-0.25, -0.2) is 4.79 Å². The molecule has 3 rings (SSSR count). The van der Waals surface area contributed by atoms with E-state index in [-0.39, 0.29) is 11.4 Å². The zero-order valence-electron chi connectivity index (χ0n) is 14.3. The van der Waals surface area contributed by atoms with E-state index in [4.69, 9.17) is 21.1 Å². The Balaban J connectivity index is 1.57. The fraction of sp³-hybridized carbons (Fsp3) is 0.316. The number of methoxy groups -OCH3 is 2. The van der Waals surface area contributed by atoms with Crippen LogP contribution < -0.4 is 20.1 Å². The fourth-order valence-corrected chi connectivity index (χ4v) is 3.09. The van der Waals surface area contributed by atoms with Crippen LogP contribution in [0.15, 0.2) is 42.5 Å². The van der Waals surface area contributed by atoms with Crippen LogP contribution in [0.5, 0.6) is 11.5 Å². The molecule has 1 fully saturated rings. The van der Waals surface area contributed by atoms with Gasteiger partial charge in [-0.3, -0.25) is 0 Å². The van der Waals surface area contributed by atoms with Crippen LogP contribution in [0.4, 0.5) is 10.5 Å². The van der Waals surface area contributed by atoms with E-state index in [2.05, 4.69) is 22.8 Å². The second kappa shape index (κ2) is 7.23. The maximum absolute atomic E-state index is 12.2. The minimum atomic E-state index is -0.249. The first-order valence-corrected chi connectivity index (χ1v) is 8.47. The van der Waals surface area contributed by atoms with E-state index in [0.29, 0.717) is 23.0 Å². The number of halogens is 1. The highest BCUT2D eigenvalue weighted by atomic mass is 35.5. The monoisotopic (exact) mass is 360 g/mol. The van der Waals surface area contributed by atoms with Gasteiger partial charge in [0.05, 0.1) is 19.2 Å². The minimum absolute atomic E-state index is 0.0289. The van der Waals surface area contributed by atoms with Crippen molar-refractivity contribution in [3.8, 4) is 11.5 Å². The van der Waals surface area contributed by atoms with Crippen LogP contribution in [0.2, 0.25) is 5.02 Å². The maximum Gasteiger partial charge on any atom is 0.319 e. The van der Waals surface area contributed by atoms with Crippen LogP contribution >= 0.6 is 11.6 Å². The molecule has 2 amide bonds.